The summed E-state index contributed by atoms with van der Waals surface area (Å²) in [4.78, 5) is 5.50. The summed E-state index contributed by atoms with van der Waals surface area (Å²) in [7, 11) is 0. The normalized spacial score (nSPS) is 10.8. The zero-order valence-electron chi connectivity index (χ0n) is 10.5. The highest BCUT2D eigenvalue weighted by Gasteiger charge is 2.06. The summed E-state index contributed by atoms with van der Waals surface area (Å²) in [5, 5.41) is 12.8. The lowest BCUT2D eigenvalue weighted by Gasteiger charge is -2.07. The van der Waals surface area contributed by atoms with Crippen molar-refractivity contribution in [2.24, 2.45) is 0 Å². The molecule has 0 saturated heterocycles. The molecule has 1 heterocycles. The third-order valence-electron chi connectivity index (χ3n) is 2.96. The quantitative estimate of drug-likeness (QED) is 0.747. The lowest BCUT2D eigenvalue weighted by molar-refractivity contribution is 0.481. The molecule has 3 rings (SSSR count). The number of phenolic OH excluding ortho intramolecular Hbond substituents is 1. The average Bonchev–Trinajstić information content (AvgIpc) is 2.45. The van der Waals surface area contributed by atoms with E-state index in [2.05, 4.69) is 11.1 Å². The van der Waals surface area contributed by atoms with E-state index >= 15 is 0 Å². The summed E-state index contributed by atoms with van der Waals surface area (Å²) in [5.74, 6) is 0.316. The van der Waals surface area contributed by atoms with Crippen LogP contribution < -0.4 is 0 Å². The Labute approximate surface area is 116 Å². The van der Waals surface area contributed by atoms with Crippen LogP contribution in [0.4, 0.5) is 0 Å². The zero-order chi connectivity index (χ0) is 13.2. The van der Waals surface area contributed by atoms with Crippen LogP contribution in [-0.4, -0.2) is 10.1 Å². The first-order valence-corrected chi connectivity index (χ1v) is 6.87. The summed E-state index contributed by atoms with van der Waals surface area (Å²) in [6, 6.07) is 15.6. The van der Waals surface area contributed by atoms with Gasteiger partial charge in [-0.1, -0.05) is 42.1 Å². The van der Waals surface area contributed by atoms with Gasteiger partial charge in [0, 0.05) is 16.5 Å². The molecule has 2 aromatic carbocycles. The fourth-order valence-electron chi connectivity index (χ4n) is 1.97. The van der Waals surface area contributed by atoms with E-state index in [4.69, 9.17) is 0 Å². The second-order valence-corrected chi connectivity index (χ2v) is 5.47. The molecule has 0 radical (unpaired) electrons. The first kappa shape index (κ1) is 12.1. The molecule has 0 unspecified atom stereocenters. The Kier molecular flexibility index (Phi) is 3.13. The van der Waals surface area contributed by atoms with Crippen molar-refractivity contribution in [3.8, 4) is 5.75 Å². The SMILES string of the molecule is Cc1ccc(Sc2ccc(O)c3ccccc23)nc1. The van der Waals surface area contributed by atoms with Crippen LogP contribution in [0.25, 0.3) is 10.8 Å². The molecule has 1 N–H and O–H groups in total. The Hall–Kier alpha value is -2.00. The van der Waals surface area contributed by atoms with Crippen LogP contribution in [0.2, 0.25) is 0 Å². The summed E-state index contributed by atoms with van der Waals surface area (Å²) in [6.07, 6.45) is 1.87. The first-order valence-electron chi connectivity index (χ1n) is 6.05. The second kappa shape index (κ2) is 4.94. The van der Waals surface area contributed by atoms with E-state index < -0.39 is 0 Å². The van der Waals surface area contributed by atoms with Crippen LogP contribution in [0.3, 0.4) is 0 Å². The Morgan fingerprint density at radius 3 is 2.47 bits per heavy atom. The summed E-state index contributed by atoms with van der Waals surface area (Å²) in [5.41, 5.74) is 1.15. The summed E-state index contributed by atoms with van der Waals surface area (Å²) < 4.78 is 0. The van der Waals surface area contributed by atoms with Crippen molar-refractivity contribution in [3.63, 3.8) is 0 Å². The lowest BCUT2D eigenvalue weighted by Crippen LogP contribution is -1.83. The molecule has 19 heavy (non-hydrogen) atoms. The van der Waals surface area contributed by atoms with E-state index in [1.165, 1.54) is 0 Å². The number of aromatic nitrogens is 1. The molecule has 2 nitrogen and oxygen atoms in total. The van der Waals surface area contributed by atoms with Crippen LogP contribution in [0.5, 0.6) is 5.75 Å². The molecule has 0 bridgehead atoms. The third kappa shape index (κ3) is 2.42. The smallest absolute Gasteiger partial charge is 0.123 e. The maximum absolute atomic E-state index is 9.87. The molecule has 3 heteroatoms. The Bertz CT molecular complexity index is 722. The van der Waals surface area contributed by atoms with Gasteiger partial charge in [0.25, 0.3) is 0 Å². The fraction of sp³-hybridized carbons (Fsp3) is 0.0625. The van der Waals surface area contributed by atoms with E-state index in [-0.39, 0.29) is 0 Å². The monoisotopic (exact) mass is 267 g/mol. The molecule has 94 valence electrons. The molecule has 3 aromatic rings. The minimum Gasteiger partial charge on any atom is -0.507 e. The van der Waals surface area contributed by atoms with Gasteiger partial charge in [0.15, 0.2) is 0 Å². The van der Waals surface area contributed by atoms with Crippen LogP contribution in [-0.2, 0) is 0 Å². The number of phenols is 1. The van der Waals surface area contributed by atoms with Gasteiger partial charge in [-0.25, -0.2) is 4.98 Å². The van der Waals surface area contributed by atoms with E-state index in [0.29, 0.717) is 5.75 Å². The maximum atomic E-state index is 9.87. The number of pyridine rings is 1. The number of aromatic hydroxyl groups is 1. The molecule has 0 amide bonds. The predicted molar refractivity (Wildman–Crippen MR) is 78.7 cm³/mol. The lowest BCUT2D eigenvalue weighted by atomic mass is 10.1. The maximum Gasteiger partial charge on any atom is 0.123 e. The Morgan fingerprint density at radius 1 is 0.947 bits per heavy atom. The number of hydrogen-bond donors (Lipinski definition) is 1. The van der Waals surface area contributed by atoms with E-state index in [1.54, 1.807) is 17.8 Å². The highest BCUT2D eigenvalue weighted by atomic mass is 32.2. The molecule has 0 saturated carbocycles. The number of rotatable bonds is 2. The summed E-state index contributed by atoms with van der Waals surface area (Å²) >= 11 is 1.61. The van der Waals surface area contributed by atoms with E-state index in [9.17, 15) is 5.11 Å². The van der Waals surface area contributed by atoms with Gasteiger partial charge < -0.3 is 5.11 Å². The number of benzene rings is 2. The van der Waals surface area contributed by atoms with Crippen molar-refractivity contribution in [1.29, 1.82) is 0 Å². The molecule has 0 aliphatic heterocycles. The van der Waals surface area contributed by atoms with Gasteiger partial charge in [0.2, 0.25) is 0 Å². The Balaban J connectivity index is 2.06. The van der Waals surface area contributed by atoms with Crippen molar-refractivity contribution in [1.82, 2.24) is 4.98 Å². The number of hydrogen-bond acceptors (Lipinski definition) is 3. The van der Waals surface area contributed by atoms with E-state index in [1.807, 2.05) is 49.5 Å². The number of aryl methyl sites for hydroxylation is 1. The van der Waals surface area contributed by atoms with Gasteiger partial charge in [-0.15, -0.1) is 0 Å². The molecule has 0 atom stereocenters. The van der Waals surface area contributed by atoms with Crippen LogP contribution in [0, 0.1) is 6.92 Å². The molecule has 0 aliphatic carbocycles. The van der Waals surface area contributed by atoms with Crippen LogP contribution in [0.15, 0.2) is 64.6 Å². The van der Waals surface area contributed by atoms with Gasteiger partial charge in [-0.05, 0) is 36.1 Å². The van der Waals surface area contributed by atoms with Gasteiger partial charge >= 0.3 is 0 Å². The zero-order valence-corrected chi connectivity index (χ0v) is 11.3. The van der Waals surface area contributed by atoms with Gasteiger partial charge in [-0.3, -0.25) is 0 Å². The molecule has 0 aliphatic rings. The molecular weight excluding hydrogens is 254 g/mol. The largest absolute Gasteiger partial charge is 0.507 e. The third-order valence-corrected chi connectivity index (χ3v) is 3.99. The molecule has 0 fully saturated rings. The molecule has 1 aromatic heterocycles. The highest BCUT2D eigenvalue weighted by Crippen LogP contribution is 2.36. The Morgan fingerprint density at radius 2 is 1.74 bits per heavy atom. The van der Waals surface area contributed by atoms with Crippen LogP contribution in [0.1, 0.15) is 5.56 Å². The minimum atomic E-state index is 0.316. The van der Waals surface area contributed by atoms with Crippen molar-refractivity contribution < 1.29 is 5.11 Å². The molecular formula is C16H13NOS. The highest BCUT2D eigenvalue weighted by molar-refractivity contribution is 7.99. The number of fused-ring (bicyclic) bond motifs is 1. The standard InChI is InChI=1S/C16H13NOS/c1-11-6-9-16(17-10-11)19-15-8-7-14(18)12-4-2-3-5-13(12)15/h2-10,18H,1H3. The fourth-order valence-corrected chi connectivity index (χ4v) is 2.86. The van der Waals surface area contributed by atoms with Crippen molar-refractivity contribution in [2.75, 3.05) is 0 Å². The van der Waals surface area contributed by atoms with Crippen molar-refractivity contribution in [2.45, 2.75) is 16.8 Å². The predicted octanol–water partition coefficient (Wildman–Crippen LogP) is 4.40. The van der Waals surface area contributed by atoms with E-state index in [0.717, 1.165) is 26.3 Å². The topological polar surface area (TPSA) is 33.1 Å². The van der Waals surface area contributed by atoms with Crippen molar-refractivity contribution in [3.05, 3.63) is 60.3 Å². The van der Waals surface area contributed by atoms with Crippen molar-refractivity contribution >= 4 is 22.5 Å². The number of nitrogens with zero attached hydrogens (tertiary/aromatic N) is 1. The minimum absolute atomic E-state index is 0.316. The van der Waals surface area contributed by atoms with Gasteiger partial charge in [-0.2, -0.15) is 0 Å². The van der Waals surface area contributed by atoms with Gasteiger partial charge in [0.1, 0.15) is 10.8 Å². The van der Waals surface area contributed by atoms with Gasteiger partial charge in [0.05, 0.1) is 0 Å². The van der Waals surface area contributed by atoms with Crippen LogP contribution >= 0.6 is 11.8 Å². The average molecular weight is 267 g/mol. The first-order chi connectivity index (χ1) is 9.24. The second-order valence-electron chi connectivity index (χ2n) is 4.40. The molecule has 0 spiro atoms. The summed E-state index contributed by atoms with van der Waals surface area (Å²) in [6.45, 7) is 2.03.